The maximum Gasteiger partial charge on any atom is 0.338 e. The van der Waals surface area contributed by atoms with Crippen LogP contribution in [0.2, 0.25) is 0 Å². The van der Waals surface area contributed by atoms with Gasteiger partial charge in [-0.2, -0.15) is 10.1 Å². The molecule has 2 heterocycles. The van der Waals surface area contributed by atoms with Gasteiger partial charge in [-0.25, -0.2) is 9.48 Å². The van der Waals surface area contributed by atoms with E-state index in [9.17, 15) is 4.79 Å². The Morgan fingerprint density at radius 3 is 2.79 bits per heavy atom. The molecule has 4 rings (SSSR count). The Morgan fingerprint density at radius 1 is 1.29 bits per heavy atom. The normalized spacial score (nSPS) is 19.8. The smallest absolute Gasteiger partial charge is 0.338 e. The van der Waals surface area contributed by atoms with Crippen LogP contribution in [-0.2, 0) is 9.53 Å². The first-order chi connectivity index (χ1) is 13.6. The van der Waals surface area contributed by atoms with Crippen molar-refractivity contribution in [1.29, 1.82) is 0 Å². The highest BCUT2D eigenvalue weighted by atomic mass is 79.9. The molecule has 1 aliphatic heterocycles. The van der Waals surface area contributed by atoms with Gasteiger partial charge in [0.1, 0.15) is 24.2 Å². The van der Waals surface area contributed by atoms with E-state index in [4.69, 9.17) is 9.47 Å². The van der Waals surface area contributed by atoms with Crippen LogP contribution in [0.4, 0.5) is 5.95 Å². The summed E-state index contributed by atoms with van der Waals surface area (Å²) in [6.07, 6.45) is 6.75. The first kappa shape index (κ1) is 19.0. The van der Waals surface area contributed by atoms with Gasteiger partial charge in [-0.05, 0) is 66.2 Å². The molecule has 2 aliphatic rings. The number of methoxy groups -OCH3 is 1. The zero-order chi connectivity index (χ0) is 19.7. The van der Waals surface area contributed by atoms with Crippen molar-refractivity contribution in [2.24, 2.45) is 0 Å². The van der Waals surface area contributed by atoms with E-state index in [1.54, 1.807) is 11.8 Å². The van der Waals surface area contributed by atoms with Gasteiger partial charge < -0.3 is 14.8 Å². The van der Waals surface area contributed by atoms with Crippen LogP contribution >= 0.6 is 15.9 Å². The second-order valence-electron chi connectivity index (χ2n) is 7.15. The number of hydrogen-bond donors (Lipinski definition) is 1. The Labute approximate surface area is 172 Å². The molecule has 0 amide bonds. The fraction of sp³-hybridized carbons (Fsp3) is 0.450. The van der Waals surface area contributed by atoms with Gasteiger partial charge in [-0.15, -0.1) is 0 Å². The zero-order valence-corrected chi connectivity index (χ0v) is 17.5. The van der Waals surface area contributed by atoms with Crippen molar-refractivity contribution in [3.05, 3.63) is 45.8 Å². The predicted molar refractivity (Wildman–Crippen MR) is 108 cm³/mol. The van der Waals surface area contributed by atoms with Gasteiger partial charge in [-0.1, -0.05) is 12.5 Å². The Morgan fingerprint density at radius 2 is 2.07 bits per heavy atom. The average Bonchev–Trinajstić information content (AvgIpc) is 3.15. The van der Waals surface area contributed by atoms with Crippen LogP contribution in [0.25, 0.3) is 0 Å². The number of nitrogens with zero attached hydrogens (tertiary/aromatic N) is 3. The summed E-state index contributed by atoms with van der Waals surface area (Å²) in [4.78, 5) is 17.4. The molecule has 8 heteroatoms. The molecule has 1 fully saturated rings. The summed E-state index contributed by atoms with van der Waals surface area (Å²) in [6, 6.07) is 5.34. The lowest BCUT2D eigenvalue weighted by atomic mass is 9.95. The molecule has 1 aromatic heterocycles. The number of rotatable bonds is 4. The minimum absolute atomic E-state index is 0.0121. The van der Waals surface area contributed by atoms with Gasteiger partial charge >= 0.3 is 5.97 Å². The number of carbonyl (C=O) groups excluding carboxylic acids is 1. The number of aromatic nitrogens is 3. The standard InChI is InChI=1S/C20H23BrN4O3/c1-12-17(19(26)28-14-6-4-3-5-7-14)18(25-20(24-12)22-11-23-25)13-8-9-16(27-2)15(21)10-13/h8-11,14,18H,3-7H2,1-2H3,(H,22,23,24)/t18-/m0/s1. The molecule has 1 saturated carbocycles. The summed E-state index contributed by atoms with van der Waals surface area (Å²) in [5, 5.41) is 7.53. The van der Waals surface area contributed by atoms with Gasteiger partial charge in [0, 0.05) is 5.70 Å². The number of esters is 1. The SMILES string of the molecule is COc1ccc([C@H]2C(C(=O)OC3CCCCC3)=C(C)Nc3ncnn32)cc1Br. The molecule has 1 atom stereocenters. The second-order valence-corrected chi connectivity index (χ2v) is 8.01. The average molecular weight is 447 g/mol. The number of allylic oxidation sites excluding steroid dienone is 1. The van der Waals surface area contributed by atoms with E-state index in [0.29, 0.717) is 11.5 Å². The number of hydrogen-bond acceptors (Lipinski definition) is 6. The van der Waals surface area contributed by atoms with Crippen molar-refractivity contribution >= 4 is 27.8 Å². The molecule has 1 aliphatic carbocycles. The van der Waals surface area contributed by atoms with Crippen LogP contribution in [0.3, 0.4) is 0 Å². The molecule has 0 radical (unpaired) electrons. The molecular formula is C20H23BrN4O3. The third-order valence-corrected chi connectivity index (χ3v) is 5.95. The number of ether oxygens (including phenoxy) is 2. The Balaban J connectivity index is 1.72. The molecule has 1 N–H and O–H groups in total. The predicted octanol–water partition coefficient (Wildman–Crippen LogP) is 4.21. The topological polar surface area (TPSA) is 78.3 Å². The first-order valence-electron chi connectivity index (χ1n) is 9.50. The molecule has 28 heavy (non-hydrogen) atoms. The van der Waals surface area contributed by atoms with E-state index in [1.165, 1.54) is 12.7 Å². The summed E-state index contributed by atoms with van der Waals surface area (Å²) in [7, 11) is 1.62. The molecule has 0 saturated heterocycles. The third kappa shape index (κ3) is 3.53. The molecule has 2 aromatic rings. The highest BCUT2D eigenvalue weighted by Gasteiger charge is 2.35. The highest BCUT2D eigenvalue weighted by Crippen LogP contribution is 2.38. The lowest BCUT2D eigenvalue weighted by molar-refractivity contribution is -0.146. The molecule has 0 spiro atoms. The number of anilines is 1. The van der Waals surface area contributed by atoms with E-state index in [0.717, 1.165) is 47.2 Å². The minimum Gasteiger partial charge on any atom is -0.496 e. The van der Waals surface area contributed by atoms with Crippen LogP contribution < -0.4 is 10.1 Å². The number of fused-ring (bicyclic) bond motifs is 1. The van der Waals surface area contributed by atoms with Crippen molar-refractivity contribution in [3.63, 3.8) is 0 Å². The molecule has 0 unspecified atom stereocenters. The van der Waals surface area contributed by atoms with Crippen LogP contribution in [0.1, 0.15) is 50.6 Å². The van der Waals surface area contributed by atoms with E-state index >= 15 is 0 Å². The van der Waals surface area contributed by atoms with Gasteiger partial charge in [0.2, 0.25) is 5.95 Å². The minimum atomic E-state index is -0.419. The van der Waals surface area contributed by atoms with Crippen molar-refractivity contribution < 1.29 is 14.3 Å². The molecule has 148 valence electrons. The summed E-state index contributed by atoms with van der Waals surface area (Å²) in [5.41, 5.74) is 2.19. The Hall–Kier alpha value is -2.35. The Kier molecular flexibility index (Phi) is 5.39. The first-order valence-corrected chi connectivity index (χ1v) is 10.3. The lowest BCUT2D eigenvalue weighted by Crippen LogP contribution is -2.32. The fourth-order valence-corrected chi connectivity index (χ4v) is 4.47. The third-order valence-electron chi connectivity index (χ3n) is 5.33. The highest BCUT2D eigenvalue weighted by molar-refractivity contribution is 9.10. The van der Waals surface area contributed by atoms with Crippen molar-refractivity contribution in [2.75, 3.05) is 12.4 Å². The van der Waals surface area contributed by atoms with E-state index in [1.807, 2.05) is 25.1 Å². The van der Waals surface area contributed by atoms with Crippen molar-refractivity contribution in [1.82, 2.24) is 14.8 Å². The van der Waals surface area contributed by atoms with Gasteiger partial charge in [-0.3, -0.25) is 0 Å². The lowest BCUT2D eigenvalue weighted by Gasteiger charge is -2.30. The quantitative estimate of drug-likeness (QED) is 0.708. The van der Waals surface area contributed by atoms with Crippen LogP contribution in [0, 0.1) is 0 Å². The monoisotopic (exact) mass is 446 g/mol. The summed E-state index contributed by atoms with van der Waals surface area (Å²) in [6.45, 7) is 1.88. The summed E-state index contributed by atoms with van der Waals surface area (Å²) in [5.74, 6) is 1.03. The summed E-state index contributed by atoms with van der Waals surface area (Å²) < 4.78 is 13.8. The van der Waals surface area contributed by atoms with Crippen LogP contribution in [0.5, 0.6) is 5.75 Å². The maximum absolute atomic E-state index is 13.2. The number of nitrogens with one attached hydrogen (secondary N) is 1. The molecular weight excluding hydrogens is 424 g/mol. The zero-order valence-electron chi connectivity index (χ0n) is 15.9. The van der Waals surface area contributed by atoms with E-state index in [2.05, 4.69) is 31.3 Å². The van der Waals surface area contributed by atoms with Crippen LogP contribution in [-0.4, -0.2) is 33.9 Å². The largest absolute Gasteiger partial charge is 0.496 e. The maximum atomic E-state index is 13.2. The fourth-order valence-electron chi connectivity index (χ4n) is 3.91. The van der Waals surface area contributed by atoms with Gasteiger partial charge in [0.05, 0.1) is 17.2 Å². The molecule has 0 bridgehead atoms. The number of benzene rings is 1. The van der Waals surface area contributed by atoms with Crippen molar-refractivity contribution in [2.45, 2.75) is 51.2 Å². The number of carbonyl (C=O) groups is 1. The van der Waals surface area contributed by atoms with Crippen molar-refractivity contribution in [3.8, 4) is 5.75 Å². The molecule has 1 aromatic carbocycles. The van der Waals surface area contributed by atoms with E-state index < -0.39 is 6.04 Å². The Bertz CT molecular complexity index is 918. The van der Waals surface area contributed by atoms with Gasteiger partial charge in [0.25, 0.3) is 0 Å². The van der Waals surface area contributed by atoms with Crippen LogP contribution in [0.15, 0.2) is 40.3 Å². The molecule has 7 nitrogen and oxygen atoms in total. The number of halogens is 1. The van der Waals surface area contributed by atoms with E-state index in [-0.39, 0.29) is 12.1 Å². The summed E-state index contributed by atoms with van der Waals surface area (Å²) >= 11 is 3.54. The van der Waals surface area contributed by atoms with Gasteiger partial charge in [0.15, 0.2) is 0 Å². The second kappa shape index (κ2) is 7.95.